The van der Waals surface area contributed by atoms with Crippen molar-refractivity contribution in [3.8, 4) is 0 Å². The predicted octanol–water partition coefficient (Wildman–Crippen LogP) is 0.587. The van der Waals surface area contributed by atoms with Crippen LogP contribution in [0.1, 0.15) is 33.1 Å². The van der Waals surface area contributed by atoms with Gasteiger partial charge in [0, 0.05) is 25.7 Å². The minimum absolute atomic E-state index is 0.0561. The second-order valence-corrected chi connectivity index (χ2v) is 5.51. The first-order valence-electron chi connectivity index (χ1n) is 7.34. The number of ether oxygens (including phenoxy) is 1. The van der Waals surface area contributed by atoms with Gasteiger partial charge >= 0.3 is 0 Å². The first kappa shape index (κ1) is 16.4. The van der Waals surface area contributed by atoms with Crippen LogP contribution in [0.5, 0.6) is 0 Å². The van der Waals surface area contributed by atoms with Gasteiger partial charge in [-0.2, -0.15) is 0 Å². The molecular weight excluding hydrogens is 242 g/mol. The van der Waals surface area contributed by atoms with Gasteiger partial charge in [0.05, 0.1) is 13.2 Å². The van der Waals surface area contributed by atoms with Crippen LogP contribution < -0.4 is 11.1 Å². The number of nitrogens with two attached hydrogens (primary N) is 1. The van der Waals surface area contributed by atoms with Crippen molar-refractivity contribution in [2.24, 2.45) is 11.7 Å². The predicted molar refractivity (Wildman–Crippen MR) is 76.9 cm³/mol. The standard InChI is InChI=1S/C14H29N3O2/c1-4-12-6-5-7-17(13(12)8-15)9-14(18)16-11(2)10-19-3/h11-13H,4-10,15H2,1-3H3,(H,16,18). The molecule has 1 fully saturated rings. The molecule has 1 rings (SSSR count). The van der Waals surface area contributed by atoms with E-state index in [2.05, 4.69) is 17.1 Å². The van der Waals surface area contributed by atoms with Gasteiger partial charge in [-0.3, -0.25) is 9.69 Å². The number of amides is 1. The van der Waals surface area contributed by atoms with Gasteiger partial charge < -0.3 is 15.8 Å². The van der Waals surface area contributed by atoms with E-state index in [1.165, 1.54) is 6.42 Å². The maximum absolute atomic E-state index is 12.0. The Labute approximate surface area is 116 Å². The molecule has 0 aromatic rings. The maximum atomic E-state index is 12.0. The molecule has 1 heterocycles. The van der Waals surface area contributed by atoms with E-state index in [4.69, 9.17) is 10.5 Å². The molecule has 1 amide bonds. The highest BCUT2D eigenvalue weighted by Gasteiger charge is 2.30. The number of methoxy groups -OCH3 is 1. The molecule has 0 spiro atoms. The van der Waals surface area contributed by atoms with E-state index in [9.17, 15) is 4.79 Å². The molecule has 0 aromatic carbocycles. The molecular formula is C14H29N3O2. The van der Waals surface area contributed by atoms with E-state index in [-0.39, 0.29) is 11.9 Å². The Balaban J connectivity index is 2.47. The quantitative estimate of drug-likeness (QED) is 0.711. The van der Waals surface area contributed by atoms with Crippen molar-refractivity contribution >= 4 is 5.91 Å². The first-order chi connectivity index (χ1) is 9.12. The van der Waals surface area contributed by atoms with Gasteiger partial charge in [0.25, 0.3) is 0 Å². The van der Waals surface area contributed by atoms with Crippen molar-refractivity contribution in [1.82, 2.24) is 10.2 Å². The second-order valence-electron chi connectivity index (χ2n) is 5.51. The zero-order valence-corrected chi connectivity index (χ0v) is 12.5. The number of nitrogens with one attached hydrogen (secondary N) is 1. The Morgan fingerprint density at radius 2 is 2.32 bits per heavy atom. The Hall–Kier alpha value is -0.650. The molecule has 0 aliphatic carbocycles. The SMILES string of the molecule is CCC1CCCN(CC(=O)NC(C)COC)C1CN. The summed E-state index contributed by atoms with van der Waals surface area (Å²) >= 11 is 0. The van der Waals surface area contributed by atoms with Crippen molar-refractivity contribution in [3.05, 3.63) is 0 Å². The molecule has 3 unspecified atom stereocenters. The van der Waals surface area contributed by atoms with Crippen molar-refractivity contribution in [2.75, 3.05) is 33.4 Å². The van der Waals surface area contributed by atoms with Crippen molar-refractivity contribution in [1.29, 1.82) is 0 Å². The summed E-state index contributed by atoms with van der Waals surface area (Å²) in [6.07, 6.45) is 3.53. The molecule has 19 heavy (non-hydrogen) atoms. The van der Waals surface area contributed by atoms with Crippen LogP contribution in [0.15, 0.2) is 0 Å². The molecule has 5 nitrogen and oxygen atoms in total. The summed E-state index contributed by atoms with van der Waals surface area (Å²) in [6, 6.07) is 0.405. The van der Waals surface area contributed by atoms with Gasteiger partial charge in [0.15, 0.2) is 0 Å². The van der Waals surface area contributed by atoms with Crippen LogP contribution in [0.4, 0.5) is 0 Å². The fourth-order valence-electron chi connectivity index (χ4n) is 3.02. The lowest BCUT2D eigenvalue weighted by molar-refractivity contribution is -0.124. The summed E-state index contributed by atoms with van der Waals surface area (Å²) in [7, 11) is 1.64. The van der Waals surface area contributed by atoms with Crippen LogP contribution in [0.2, 0.25) is 0 Å². The summed E-state index contributed by atoms with van der Waals surface area (Å²) in [5.74, 6) is 0.697. The third-order valence-electron chi connectivity index (χ3n) is 3.97. The van der Waals surface area contributed by atoms with E-state index in [0.29, 0.717) is 31.7 Å². The van der Waals surface area contributed by atoms with Crippen molar-refractivity contribution in [2.45, 2.75) is 45.2 Å². The Bertz CT molecular complexity index is 273. The van der Waals surface area contributed by atoms with Crippen LogP contribution in [-0.4, -0.2) is 56.2 Å². The van der Waals surface area contributed by atoms with E-state index in [0.717, 1.165) is 19.4 Å². The first-order valence-corrected chi connectivity index (χ1v) is 7.34. The number of likely N-dealkylation sites (tertiary alicyclic amines) is 1. The van der Waals surface area contributed by atoms with Crippen molar-refractivity contribution in [3.63, 3.8) is 0 Å². The van der Waals surface area contributed by atoms with Gasteiger partial charge in [-0.25, -0.2) is 0 Å². The molecule has 5 heteroatoms. The van der Waals surface area contributed by atoms with Crippen LogP contribution in [-0.2, 0) is 9.53 Å². The average molecular weight is 271 g/mol. The number of piperidine rings is 1. The lowest BCUT2D eigenvalue weighted by Gasteiger charge is -2.40. The van der Waals surface area contributed by atoms with E-state index >= 15 is 0 Å². The van der Waals surface area contributed by atoms with E-state index in [1.807, 2.05) is 6.92 Å². The molecule has 0 saturated carbocycles. The normalized spacial score (nSPS) is 26.1. The molecule has 1 aliphatic heterocycles. The second kappa shape index (κ2) is 8.51. The molecule has 3 atom stereocenters. The highest BCUT2D eigenvalue weighted by molar-refractivity contribution is 5.78. The number of hydrogen-bond acceptors (Lipinski definition) is 4. The van der Waals surface area contributed by atoms with E-state index in [1.54, 1.807) is 7.11 Å². The number of rotatable bonds is 7. The van der Waals surface area contributed by atoms with Crippen molar-refractivity contribution < 1.29 is 9.53 Å². The van der Waals surface area contributed by atoms with Crippen LogP contribution in [0.3, 0.4) is 0 Å². The average Bonchev–Trinajstić information content (AvgIpc) is 2.38. The third-order valence-corrected chi connectivity index (χ3v) is 3.97. The molecule has 0 radical (unpaired) electrons. The Morgan fingerprint density at radius 3 is 2.89 bits per heavy atom. The fraction of sp³-hybridized carbons (Fsp3) is 0.929. The maximum Gasteiger partial charge on any atom is 0.234 e. The largest absolute Gasteiger partial charge is 0.383 e. The summed E-state index contributed by atoms with van der Waals surface area (Å²) < 4.78 is 5.02. The lowest BCUT2D eigenvalue weighted by atomic mass is 9.87. The minimum Gasteiger partial charge on any atom is -0.383 e. The minimum atomic E-state index is 0.0561. The molecule has 3 N–H and O–H groups in total. The molecule has 1 saturated heterocycles. The summed E-state index contributed by atoms with van der Waals surface area (Å²) in [4.78, 5) is 14.2. The monoisotopic (exact) mass is 271 g/mol. The summed E-state index contributed by atoms with van der Waals surface area (Å²) in [5.41, 5.74) is 5.89. The van der Waals surface area contributed by atoms with E-state index < -0.39 is 0 Å². The van der Waals surface area contributed by atoms with Gasteiger partial charge in [0.2, 0.25) is 5.91 Å². The lowest BCUT2D eigenvalue weighted by Crippen LogP contribution is -2.53. The number of carbonyl (C=O) groups is 1. The zero-order chi connectivity index (χ0) is 14.3. The number of nitrogens with zero attached hydrogens (tertiary/aromatic N) is 1. The molecule has 0 bridgehead atoms. The topological polar surface area (TPSA) is 67.6 Å². The Morgan fingerprint density at radius 1 is 1.58 bits per heavy atom. The zero-order valence-electron chi connectivity index (χ0n) is 12.5. The van der Waals surface area contributed by atoms with Gasteiger partial charge in [0.1, 0.15) is 0 Å². The van der Waals surface area contributed by atoms with Gasteiger partial charge in [-0.1, -0.05) is 13.3 Å². The third kappa shape index (κ3) is 5.09. The van der Waals surface area contributed by atoms with Gasteiger partial charge in [-0.05, 0) is 32.2 Å². The Kier molecular flexibility index (Phi) is 7.34. The highest BCUT2D eigenvalue weighted by Crippen LogP contribution is 2.25. The smallest absolute Gasteiger partial charge is 0.234 e. The highest BCUT2D eigenvalue weighted by atomic mass is 16.5. The van der Waals surface area contributed by atoms with Crippen LogP contribution in [0.25, 0.3) is 0 Å². The van der Waals surface area contributed by atoms with Gasteiger partial charge in [-0.15, -0.1) is 0 Å². The number of carbonyl (C=O) groups excluding carboxylic acids is 1. The van der Waals surface area contributed by atoms with Crippen LogP contribution in [0, 0.1) is 5.92 Å². The summed E-state index contributed by atoms with van der Waals surface area (Å²) in [6.45, 7) is 6.77. The molecule has 112 valence electrons. The molecule has 0 aromatic heterocycles. The summed E-state index contributed by atoms with van der Waals surface area (Å²) in [5, 5.41) is 2.96. The van der Waals surface area contributed by atoms with Crippen LogP contribution >= 0.6 is 0 Å². The fourth-order valence-corrected chi connectivity index (χ4v) is 3.02. The molecule has 1 aliphatic rings. The number of hydrogen-bond donors (Lipinski definition) is 2.